The minimum atomic E-state index is -4.30. The van der Waals surface area contributed by atoms with Crippen LogP contribution in [0.2, 0.25) is 15.1 Å². The monoisotopic (exact) mass is 594 g/mol. The molecule has 3 aromatic rings. The van der Waals surface area contributed by atoms with Gasteiger partial charge in [-0.1, -0.05) is 34.8 Å². The van der Waals surface area contributed by atoms with Crippen molar-refractivity contribution in [2.75, 3.05) is 11.5 Å². The average molecular weight is 596 g/mol. The number of imide groups is 2. The lowest BCUT2D eigenvalue weighted by molar-refractivity contribution is -0.122. The van der Waals surface area contributed by atoms with Crippen LogP contribution in [0.1, 0.15) is 12.5 Å². The Labute approximate surface area is 232 Å². The lowest BCUT2D eigenvalue weighted by atomic mass is 10.1. The number of barbiturate groups is 1. The summed E-state index contributed by atoms with van der Waals surface area (Å²) < 4.78 is 35.7. The van der Waals surface area contributed by atoms with Crippen molar-refractivity contribution in [3.63, 3.8) is 0 Å². The molecule has 0 aromatic heterocycles. The number of ether oxygens (including phenoxy) is 1. The molecule has 4 amide bonds. The second-order valence-corrected chi connectivity index (χ2v) is 10.5. The van der Waals surface area contributed by atoms with E-state index >= 15 is 0 Å². The molecule has 38 heavy (non-hydrogen) atoms. The summed E-state index contributed by atoms with van der Waals surface area (Å²) in [5.74, 6) is -1.63. The molecule has 0 atom stereocenters. The van der Waals surface area contributed by atoms with E-state index in [2.05, 4.69) is 5.32 Å². The smallest absolute Gasteiger partial charge is 0.339 e. The molecule has 1 fully saturated rings. The van der Waals surface area contributed by atoms with E-state index in [-0.39, 0.29) is 37.5 Å². The quantitative estimate of drug-likeness (QED) is 0.218. The zero-order valence-corrected chi connectivity index (χ0v) is 22.5. The van der Waals surface area contributed by atoms with Crippen molar-refractivity contribution >= 4 is 74.5 Å². The number of carbonyl (C=O) groups is 3. The Bertz CT molecular complexity index is 1550. The number of urea groups is 1. The minimum Gasteiger partial charge on any atom is -0.494 e. The number of rotatable bonds is 7. The lowest BCUT2D eigenvalue weighted by Crippen LogP contribution is -2.54. The average Bonchev–Trinajstić information content (AvgIpc) is 2.85. The SMILES string of the molecule is CCOc1ccc(N2C(=O)NC(=O)/C(=C\c3cc(Cl)c(OS(=O)(=O)c4ccc(Cl)cc4)c(Cl)c3)C2=O)cc1. The van der Waals surface area contributed by atoms with E-state index in [4.69, 9.17) is 43.7 Å². The number of amides is 4. The number of nitrogens with zero attached hydrogens (tertiary/aromatic N) is 1. The van der Waals surface area contributed by atoms with Crippen LogP contribution in [0.25, 0.3) is 6.08 Å². The number of benzene rings is 3. The summed E-state index contributed by atoms with van der Waals surface area (Å²) in [5, 5.41) is 2.04. The summed E-state index contributed by atoms with van der Waals surface area (Å²) in [5.41, 5.74) is 0.00498. The van der Waals surface area contributed by atoms with E-state index < -0.39 is 28.0 Å². The summed E-state index contributed by atoms with van der Waals surface area (Å²) >= 11 is 18.3. The van der Waals surface area contributed by atoms with Gasteiger partial charge in [0.25, 0.3) is 11.8 Å². The van der Waals surface area contributed by atoms with E-state index in [0.29, 0.717) is 17.4 Å². The molecule has 4 rings (SSSR count). The maximum Gasteiger partial charge on any atom is 0.339 e. The molecule has 1 saturated heterocycles. The second-order valence-electron chi connectivity index (χ2n) is 7.69. The van der Waals surface area contributed by atoms with Gasteiger partial charge in [0.05, 0.1) is 22.3 Å². The second kappa shape index (κ2) is 11.0. The van der Waals surface area contributed by atoms with E-state index in [9.17, 15) is 22.8 Å². The Morgan fingerprint density at radius 3 is 2.11 bits per heavy atom. The van der Waals surface area contributed by atoms with E-state index in [1.807, 2.05) is 6.92 Å². The normalized spacial score (nSPS) is 15.0. The van der Waals surface area contributed by atoms with Gasteiger partial charge in [0.1, 0.15) is 16.2 Å². The number of nitrogens with one attached hydrogen (secondary N) is 1. The van der Waals surface area contributed by atoms with Gasteiger partial charge in [-0.25, -0.2) is 9.69 Å². The summed E-state index contributed by atoms with van der Waals surface area (Å²) in [6.45, 7) is 2.25. The first-order valence-corrected chi connectivity index (χ1v) is 13.4. The van der Waals surface area contributed by atoms with Crippen molar-refractivity contribution < 1.29 is 31.7 Å². The molecule has 0 saturated carbocycles. The molecule has 196 valence electrons. The summed E-state index contributed by atoms with van der Waals surface area (Å²) in [6.07, 6.45) is 1.17. The van der Waals surface area contributed by atoms with E-state index in [1.165, 1.54) is 54.6 Å². The van der Waals surface area contributed by atoms with Crippen molar-refractivity contribution in [2.45, 2.75) is 11.8 Å². The molecule has 0 radical (unpaired) electrons. The Hall–Kier alpha value is -3.57. The first kappa shape index (κ1) is 27.5. The predicted octanol–water partition coefficient (Wildman–Crippen LogP) is 5.48. The fourth-order valence-electron chi connectivity index (χ4n) is 3.42. The van der Waals surface area contributed by atoms with Crippen LogP contribution >= 0.6 is 34.8 Å². The van der Waals surface area contributed by atoms with Crippen molar-refractivity contribution in [1.29, 1.82) is 0 Å². The number of hydrogen-bond donors (Lipinski definition) is 1. The fraction of sp³-hybridized carbons (Fsp3) is 0.0800. The zero-order valence-electron chi connectivity index (χ0n) is 19.4. The van der Waals surface area contributed by atoms with Crippen molar-refractivity contribution in [3.8, 4) is 11.5 Å². The maximum absolute atomic E-state index is 13.1. The summed E-state index contributed by atoms with van der Waals surface area (Å²) in [7, 11) is -4.30. The molecule has 0 spiro atoms. The molecular formula is C25H17Cl3N2O7S. The third-order valence-corrected chi connectivity index (χ3v) is 7.18. The maximum atomic E-state index is 13.1. The highest BCUT2D eigenvalue weighted by Gasteiger charge is 2.37. The van der Waals surface area contributed by atoms with Crippen LogP contribution in [0, 0.1) is 0 Å². The zero-order chi connectivity index (χ0) is 27.6. The topological polar surface area (TPSA) is 119 Å². The highest BCUT2D eigenvalue weighted by Crippen LogP contribution is 2.37. The Morgan fingerprint density at radius 1 is 0.921 bits per heavy atom. The molecule has 13 heteroatoms. The van der Waals surface area contributed by atoms with Gasteiger partial charge in [0.2, 0.25) is 0 Å². The number of anilines is 1. The summed E-state index contributed by atoms with van der Waals surface area (Å²) in [6, 6.07) is 13.0. The van der Waals surface area contributed by atoms with Crippen molar-refractivity contribution in [1.82, 2.24) is 5.32 Å². The van der Waals surface area contributed by atoms with Gasteiger partial charge in [-0.2, -0.15) is 8.42 Å². The highest BCUT2D eigenvalue weighted by atomic mass is 35.5. The van der Waals surface area contributed by atoms with Crippen LogP contribution in [0.4, 0.5) is 10.5 Å². The molecular weight excluding hydrogens is 579 g/mol. The highest BCUT2D eigenvalue weighted by molar-refractivity contribution is 7.87. The minimum absolute atomic E-state index is 0.177. The van der Waals surface area contributed by atoms with Crippen LogP contribution in [0.3, 0.4) is 0 Å². The molecule has 1 aliphatic heterocycles. The molecule has 1 aliphatic rings. The lowest BCUT2D eigenvalue weighted by Gasteiger charge is -2.26. The largest absolute Gasteiger partial charge is 0.494 e. The van der Waals surface area contributed by atoms with Crippen LogP contribution in [-0.2, 0) is 19.7 Å². The van der Waals surface area contributed by atoms with E-state index in [0.717, 1.165) is 4.90 Å². The van der Waals surface area contributed by atoms with Crippen molar-refractivity contribution in [2.24, 2.45) is 0 Å². The molecule has 3 aromatic carbocycles. The van der Waals surface area contributed by atoms with Gasteiger partial charge in [0.15, 0.2) is 5.75 Å². The third kappa shape index (κ3) is 5.78. The molecule has 1 N–H and O–H groups in total. The Morgan fingerprint density at radius 2 is 1.53 bits per heavy atom. The van der Waals surface area contributed by atoms with Gasteiger partial charge in [-0.15, -0.1) is 0 Å². The number of carbonyl (C=O) groups excluding carboxylic acids is 3. The molecule has 0 unspecified atom stereocenters. The standard InChI is InChI=1S/C25H17Cl3N2O7S/c1-2-36-17-7-5-16(6-8-17)30-24(32)19(23(31)29-25(30)33)11-14-12-20(27)22(21(28)13-14)37-38(34,35)18-9-3-15(26)4-10-18/h3-13H,2H2,1H3,(H,29,31,33)/b19-11+. The fourth-order valence-corrected chi connectivity index (χ4v) is 5.18. The van der Waals surface area contributed by atoms with Gasteiger partial charge < -0.3 is 8.92 Å². The van der Waals surface area contributed by atoms with Crippen LogP contribution in [0.15, 0.2) is 71.1 Å². The van der Waals surface area contributed by atoms with Gasteiger partial charge in [-0.05, 0) is 79.2 Å². The molecule has 0 aliphatic carbocycles. The third-order valence-electron chi connectivity index (χ3n) is 5.13. The number of hydrogen-bond acceptors (Lipinski definition) is 7. The summed E-state index contributed by atoms with van der Waals surface area (Å²) in [4.78, 5) is 38.7. The molecule has 1 heterocycles. The van der Waals surface area contributed by atoms with E-state index in [1.54, 1.807) is 12.1 Å². The van der Waals surface area contributed by atoms with Gasteiger partial charge >= 0.3 is 16.1 Å². The number of halogens is 3. The van der Waals surface area contributed by atoms with Gasteiger partial charge in [-0.3, -0.25) is 14.9 Å². The first-order valence-electron chi connectivity index (χ1n) is 10.8. The van der Waals surface area contributed by atoms with Crippen molar-refractivity contribution in [3.05, 3.63) is 86.9 Å². The van der Waals surface area contributed by atoms with Gasteiger partial charge in [0, 0.05) is 5.02 Å². The Balaban J connectivity index is 1.64. The van der Waals surface area contributed by atoms with Crippen LogP contribution in [0.5, 0.6) is 11.5 Å². The Kier molecular flexibility index (Phi) is 7.98. The predicted molar refractivity (Wildman–Crippen MR) is 142 cm³/mol. The molecule has 9 nitrogen and oxygen atoms in total. The first-order chi connectivity index (χ1) is 18.0. The van der Waals surface area contributed by atoms with Crippen LogP contribution in [-0.4, -0.2) is 32.9 Å². The van der Waals surface area contributed by atoms with Crippen LogP contribution < -0.4 is 19.1 Å². The molecule has 0 bridgehead atoms.